The molecule has 1 saturated heterocycles. The van der Waals surface area contributed by atoms with Crippen LogP contribution in [-0.2, 0) is 20.6 Å². The Kier molecular flexibility index (Phi) is 8.70. The van der Waals surface area contributed by atoms with Gasteiger partial charge in [-0.15, -0.1) is 0 Å². The number of hydrogen-bond acceptors (Lipinski definition) is 8. The highest BCUT2D eigenvalue weighted by Gasteiger charge is 2.30. The first-order chi connectivity index (χ1) is 16.7. The summed E-state index contributed by atoms with van der Waals surface area (Å²) < 4.78 is 32.4. The van der Waals surface area contributed by atoms with Gasteiger partial charge >= 0.3 is 0 Å². The number of sulfonamides is 1. The average Bonchev–Trinajstić information content (AvgIpc) is 2.84. The topological polar surface area (TPSA) is 129 Å². The molecule has 9 nitrogen and oxygen atoms in total. The fourth-order valence-corrected chi connectivity index (χ4v) is 5.26. The molecule has 0 aliphatic carbocycles. The minimum Gasteiger partial charge on any atom is -0.480 e. The van der Waals surface area contributed by atoms with E-state index in [1.165, 1.54) is 13.2 Å². The summed E-state index contributed by atoms with van der Waals surface area (Å²) in [6, 6.07) is 9.97. The monoisotopic (exact) mass is 518 g/mol. The standard InChI is InChI=1S/C24H27ClN4O5S/c1-3-4-21(30)20-13-18(14-26)22(27-24(20)34-2)29-11-9-17(10-12-29)23(31)28-35(32,33)15-16-5-7-19(25)8-6-16/h5-8,13,17H,3-4,9-12,15H2,1-2H3,(H,28,31). The number of carbonyl (C=O) groups is 2. The third-order valence-corrected chi connectivity index (χ3v) is 7.23. The average molecular weight is 519 g/mol. The molecule has 0 atom stereocenters. The normalized spacial score (nSPS) is 14.3. The Morgan fingerprint density at radius 2 is 1.91 bits per heavy atom. The molecule has 2 aromatic rings. The van der Waals surface area contributed by atoms with Gasteiger partial charge in [-0.2, -0.15) is 10.2 Å². The number of amides is 1. The number of Topliss-reactive ketones (excluding diaryl/α,β-unsaturated/α-hetero) is 1. The van der Waals surface area contributed by atoms with Crippen LogP contribution in [0.25, 0.3) is 0 Å². The zero-order chi connectivity index (χ0) is 25.6. The number of halogens is 1. The predicted octanol–water partition coefficient (Wildman–Crippen LogP) is 3.46. The molecule has 1 fully saturated rings. The first-order valence-electron chi connectivity index (χ1n) is 11.2. The first kappa shape index (κ1) is 26.4. The molecule has 11 heteroatoms. The van der Waals surface area contributed by atoms with Crippen LogP contribution in [0.15, 0.2) is 30.3 Å². The second-order valence-corrected chi connectivity index (χ2v) is 10.5. The lowest BCUT2D eigenvalue weighted by Crippen LogP contribution is -2.43. The van der Waals surface area contributed by atoms with Crippen molar-refractivity contribution in [1.82, 2.24) is 9.71 Å². The number of aromatic nitrogens is 1. The number of benzene rings is 1. The number of ether oxygens (including phenoxy) is 1. The molecule has 186 valence electrons. The lowest BCUT2D eigenvalue weighted by Gasteiger charge is -2.32. The maximum Gasteiger partial charge on any atom is 0.239 e. The summed E-state index contributed by atoms with van der Waals surface area (Å²) in [5.74, 6) is -0.978. The predicted molar refractivity (Wildman–Crippen MR) is 132 cm³/mol. The highest BCUT2D eigenvalue weighted by Crippen LogP contribution is 2.30. The fourth-order valence-electron chi connectivity index (χ4n) is 3.95. The van der Waals surface area contributed by atoms with Gasteiger partial charge < -0.3 is 9.64 Å². The molecular formula is C24H27ClN4O5S. The van der Waals surface area contributed by atoms with Crippen LogP contribution in [0.4, 0.5) is 5.82 Å². The minimum absolute atomic E-state index is 0.143. The number of carbonyl (C=O) groups excluding carboxylic acids is 2. The summed E-state index contributed by atoms with van der Waals surface area (Å²) in [7, 11) is -2.44. The molecule has 1 aliphatic heterocycles. The highest BCUT2D eigenvalue weighted by molar-refractivity contribution is 7.89. The van der Waals surface area contributed by atoms with E-state index in [1.54, 1.807) is 24.3 Å². The summed E-state index contributed by atoms with van der Waals surface area (Å²) in [5.41, 5.74) is 1.04. The number of nitriles is 1. The van der Waals surface area contributed by atoms with Crippen LogP contribution in [0.1, 0.15) is 54.1 Å². The van der Waals surface area contributed by atoms with Crippen molar-refractivity contribution >= 4 is 39.1 Å². The van der Waals surface area contributed by atoms with E-state index in [9.17, 15) is 23.3 Å². The third kappa shape index (κ3) is 6.71. The van der Waals surface area contributed by atoms with E-state index < -0.39 is 21.8 Å². The summed E-state index contributed by atoms with van der Waals surface area (Å²) in [6.07, 6.45) is 1.75. The van der Waals surface area contributed by atoms with Crippen molar-refractivity contribution in [1.29, 1.82) is 5.26 Å². The Bertz CT molecular complexity index is 1230. The Balaban J connectivity index is 1.67. The molecule has 1 aromatic carbocycles. The van der Waals surface area contributed by atoms with Gasteiger partial charge in [-0.25, -0.2) is 8.42 Å². The van der Waals surface area contributed by atoms with E-state index in [1.807, 2.05) is 11.8 Å². The number of methoxy groups -OCH3 is 1. The van der Waals surface area contributed by atoms with Crippen LogP contribution in [0, 0.1) is 17.2 Å². The zero-order valence-electron chi connectivity index (χ0n) is 19.6. The van der Waals surface area contributed by atoms with E-state index in [0.29, 0.717) is 55.2 Å². The molecular weight excluding hydrogens is 492 g/mol. The number of ketones is 1. The smallest absolute Gasteiger partial charge is 0.239 e. The van der Waals surface area contributed by atoms with Gasteiger partial charge in [0, 0.05) is 30.5 Å². The number of nitrogens with zero attached hydrogens (tertiary/aromatic N) is 3. The zero-order valence-corrected chi connectivity index (χ0v) is 21.2. The molecule has 0 radical (unpaired) electrons. The van der Waals surface area contributed by atoms with E-state index in [0.717, 1.165) is 0 Å². The van der Waals surface area contributed by atoms with Crippen molar-refractivity contribution in [3.8, 4) is 11.9 Å². The van der Waals surface area contributed by atoms with Crippen molar-refractivity contribution in [2.45, 2.75) is 38.4 Å². The third-order valence-electron chi connectivity index (χ3n) is 5.75. The number of rotatable bonds is 9. The van der Waals surface area contributed by atoms with Crippen molar-refractivity contribution in [2.75, 3.05) is 25.1 Å². The Hall–Kier alpha value is -3.16. The van der Waals surface area contributed by atoms with Gasteiger partial charge in [0.1, 0.15) is 6.07 Å². The van der Waals surface area contributed by atoms with Crippen LogP contribution in [0.2, 0.25) is 5.02 Å². The molecule has 1 N–H and O–H groups in total. The van der Waals surface area contributed by atoms with E-state index in [2.05, 4.69) is 15.8 Å². The number of anilines is 1. The summed E-state index contributed by atoms with van der Waals surface area (Å²) in [4.78, 5) is 31.3. The Labute approximate surface area is 210 Å². The lowest BCUT2D eigenvalue weighted by atomic mass is 9.96. The molecule has 2 heterocycles. The number of nitrogens with one attached hydrogen (secondary N) is 1. The largest absolute Gasteiger partial charge is 0.480 e. The van der Waals surface area contributed by atoms with Gasteiger partial charge in [0.15, 0.2) is 11.6 Å². The van der Waals surface area contributed by atoms with Gasteiger partial charge in [0.25, 0.3) is 0 Å². The highest BCUT2D eigenvalue weighted by atomic mass is 35.5. The molecule has 1 aliphatic rings. The van der Waals surface area contributed by atoms with Gasteiger partial charge in [-0.05, 0) is 43.0 Å². The molecule has 35 heavy (non-hydrogen) atoms. The number of pyridine rings is 1. The van der Waals surface area contributed by atoms with Gasteiger partial charge in [0.05, 0.1) is 24.0 Å². The SMILES string of the molecule is CCCC(=O)c1cc(C#N)c(N2CCC(C(=O)NS(=O)(=O)Cc3ccc(Cl)cc3)CC2)nc1OC. The van der Waals surface area contributed by atoms with Crippen LogP contribution >= 0.6 is 11.6 Å². The second-order valence-electron chi connectivity index (χ2n) is 8.31. The van der Waals surface area contributed by atoms with Crippen LogP contribution in [0.3, 0.4) is 0 Å². The van der Waals surface area contributed by atoms with Crippen molar-refractivity contribution in [3.63, 3.8) is 0 Å². The van der Waals surface area contributed by atoms with Gasteiger partial charge in [-0.1, -0.05) is 30.7 Å². The molecule has 1 amide bonds. The van der Waals surface area contributed by atoms with Gasteiger partial charge in [0.2, 0.25) is 21.8 Å². The second kappa shape index (κ2) is 11.5. The van der Waals surface area contributed by atoms with E-state index in [-0.39, 0.29) is 28.5 Å². The molecule has 0 saturated carbocycles. The Morgan fingerprint density at radius 3 is 2.49 bits per heavy atom. The summed E-state index contributed by atoms with van der Waals surface area (Å²) >= 11 is 5.83. The van der Waals surface area contributed by atoms with Crippen LogP contribution in [0.5, 0.6) is 5.88 Å². The van der Waals surface area contributed by atoms with Crippen LogP contribution in [-0.4, -0.2) is 45.3 Å². The molecule has 1 aromatic heterocycles. The van der Waals surface area contributed by atoms with Crippen molar-refractivity contribution < 1.29 is 22.7 Å². The molecule has 0 spiro atoms. The maximum atomic E-state index is 12.7. The van der Waals surface area contributed by atoms with E-state index in [4.69, 9.17) is 16.3 Å². The first-order valence-corrected chi connectivity index (χ1v) is 13.3. The quantitative estimate of drug-likeness (QED) is 0.499. The summed E-state index contributed by atoms with van der Waals surface area (Å²) in [5, 5.41) is 10.1. The Morgan fingerprint density at radius 1 is 1.26 bits per heavy atom. The molecule has 0 bridgehead atoms. The van der Waals surface area contributed by atoms with Crippen LogP contribution < -0.4 is 14.4 Å². The lowest BCUT2D eigenvalue weighted by molar-refractivity contribution is -0.123. The van der Waals surface area contributed by atoms with E-state index >= 15 is 0 Å². The maximum absolute atomic E-state index is 12.7. The minimum atomic E-state index is -3.86. The number of piperidine rings is 1. The molecule has 3 rings (SSSR count). The fraction of sp³-hybridized carbons (Fsp3) is 0.417. The van der Waals surface area contributed by atoms with Crippen molar-refractivity contribution in [2.24, 2.45) is 5.92 Å². The van der Waals surface area contributed by atoms with Gasteiger partial charge in [-0.3, -0.25) is 14.3 Å². The summed E-state index contributed by atoms with van der Waals surface area (Å²) in [6.45, 7) is 2.67. The number of hydrogen-bond donors (Lipinski definition) is 1. The van der Waals surface area contributed by atoms with Crippen molar-refractivity contribution in [3.05, 3.63) is 52.0 Å². The molecule has 0 unspecified atom stereocenters.